The molecule has 24 heavy (non-hydrogen) atoms. The number of rotatable bonds is 6. The van der Waals surface area contributed by atoms with Crippen molar-refractivity contribution >= 4 is 6.03 Å². The number of amides is 2. The zero-order chi connectivity index (χ0) is 17.6. The first-order valence-electron chi connectivity index (χ1n) is 8.44. The van der Waals surface area contributed by atoms with Gasteiger partial charge in [-0.3, -0.25) is 0 Å². The van der Waals surface area contributed by atoms with Crippen LogP contribution in [0.5, 0.6) is 0 Å². The molecular formula is C18H27FN2O3. The first kappa shape index (κ1) is 18.7. The minimum absolute atomic E-state index is 0.0151. The maximum Gasteiger partial charge on any atom is 0.317 e. The lowest BCUT2D eigenvalue weighted by Gasteiger charge is -2.43. The highest BCUT2D eigenvalue weighted by atomic mass is 19.1. The molecule has 0 unspecified atom stereocenters. The summed E-state index contributed by atoms with van der Waals surface area (Å²) in [6.45, 7) is 3.87. The molecule has 2 rings (SSSR count). The number of hydrogen-bond acceptors (Lipinski definition) is 3. The molecule has 0 bridgehead atoms. The van der Waals surface area contributed by atoms with E-state index in [1.807, 2.05) is 6.92 Å². The SMILES string of the molecule is COCC[C@@]1(O)CCN(C(=O)NCCc2ccccc2F)C[C@@H]1C. The molecule has 1 heterocycles. The number of halogens is 1. The second-order valence-corrected chi connectivity index (χ2v) is 6.52. The second-order valence-electron chi connectivity index (χ2n) is 6.52. The van der Waals surface area contributed by atoms with Crippen molar-refractivity contribution in [2.75, 3.05) is 33.4 Å². The van der Waals surface area contributed by atoms with Gasteiger partial charge in [-0.1, -0.05) is 25.1 Å². The average molecular weight is 338 g/mol. The molecule has 1 aromatic carbocycles. The lowest BCUT2D eigenvalue weighted by atomic mass is 9.80. The summed E-state index contributed by atoms with van der Waals surface area (Å²) in [5, 5.41) is 13.5. The summed E-state index contributed by atoms with van der Waals surface area (Å²) < 4.78 is 18.6. The normalized spacial score (nSPS) is 24.0. The molecular weight excluding hydrogens is 311 g/mol. The van der Waals surface area contributed by atoms with Gasteiger partial charge in [-0.05, 0) is 30.9 Å². The minimum atomic E-state index is -0.778. The number of carbonyl (C=O) groups excluding carboxylic acids is 1. The van der Waals surface area contributed by atoms with Gasteiger partial charge in [-0.2, -0.15) is 0 Å². The molecule has 1 fully saturated rings. The smallest absolute Gasteiger partial charge is 0.317 e. The number of piperidine rings is 1. The van der Waals surface area contributed by atoms with Gasteiger partial charge in [0.05, 0.1) is 5.60 Å². The van der Waals surface area contributed by atoms with Gasteiger partial charge >= 0.3 is 6.03 Å². The highest BCUT2D eigenvalue weighted by molar-refractivity contribution is 5.74. The third-order valence-corrected chi connectivity index (χ3v) is 4.88. The highest BCUT2D eigenvalue weighted by Gasteiger charge is 2.39. The summed E-state index contributed by atoms with van der Waals surface area (Å²) >= 11 is 0. The number of likely N-dealkylation sites (tertiary alicyclic amines) is 1. The Morgan fingerprint density at radius 3 is 2.92 bits per heavy atom. The number of hydrogen-bond donors (Lipinski definition) is 2. The van der Waals surface area contributed by atoms with E-state index in [4.69, 9.17) is 4.74 Å². The fourth-order valence-corrected chi connectivity index (χ4v) is 3.12. The largest absolute Gasteiger partial charge is 0.389 e. The summed E-state index contributed by atoms with van der Waals surface area (Å²) in [6.07, 6.45) is 1.57. The van der Waals surface area contributed by atoms with Crippen LogP contribution in [0.15, 0.2) is 24.3 Å². The number of nitrogens with one attached hydrogen (secondary N) is 1. The minimum Gasteiger partial charge on any atom is -0.389 e. The van der Waals surface area contributed by atoms with Crippen LogP contribution >= 0.6 is 0 Å². The monoisotopic (exact) mass is 338 g/mol. The molecule has 0 aromatic heterocycles. The fourth-order valence-electron chi connectivity index (χ4n) is 3.12. The van der Waals surface area contributed by atoms with Crippen molar-refractivity contribution in [2.45, 2.75) is 31.8 Å². The van der Waals surface area contributed by atoms with E-state index in [0.717, 1.165) is 0 Å². The summed E-state index contributed by atoms with van der Waals surface area (Å²) in [5.41, 5.74) is -0.182. The molecule has 1 aliphatic rings. The van der Waals surface area contributed by atoms with E-state index >= 15 is 0 Å². The zero-order valence-corrected chi connectivity index (χ0v) is 14.4. The number of methoxy groups -OCH3 is 1. The van der Waals surface area contributed by atoms with E-state index in [0.29, 0.717) is 51.1 Å². The standard InChI is InChI=1S/C18H27FN2O3/c1-14-13-21(11-8-18(14,23)9-12-24-2)17(22)20-10-7-15-5-3-4-6-16(15)19/h3-6,14,23H,7-13H2,1-2H3,(H,20,22)/t14-,18-/m0/s1. The van der Waals surface area contributed by atoms with Gasteiger partial charge in [-0.15, -0.1) is 0 Å². The quantitative estimate of drug-likeness (QED) is 0.836. The molecule has 0 spiro atoms. The van der Waals surface area contributed by atoms with Crippen LogP contribution in [-0.2, 0) is 11.2 Å². The van der Waals surface area contributed by atoms with Crippen molar-refractivity contribution in [1.82, 2.24) is 10.2 Å². The average Bonchev–Trinajstić information content (AvgIpc) is 2.57. The van der Waals surface area contributed by atoms with Gasteiger partial charge in [0, 0.05) is 39.3 Å². The van der Waals surface area contributed by atoms with Crippen LogP contribution in [0, 0.1) is 11.7 Å². The highest BCUT2D eigenvalue weighted by Crippen LogP contribution is 2.30. The Hall–Kier alpha value is -1.66. The van der Waals surface area contributed by atoms with E-state index in [1.54, 1.807) is 30.2 Å². The zero-order valence-electron chi connectivity index (χ0n) is 14.4. The fraction of sp³-hybridized carbons (Fsp3) is 0.611. The van der Waals surface area contributed by atoms with E-state index in [1.165, 1.54) is 6.07 Å². The Morgan fingerprint density at radius 2 is 2.25 bits per heavy atom. The molecule has 1 saturated heterocycles. The first-order chi connectivity index (χ1) is 11.5. The molecule has 0 saturated carbocycles. The van der Waals surface area contributed by atoms with Crippen LogP contribution in [0.1, 0.15) is 25.3 Å². The van der Waals surface area contributed by atoms with Crippen LogP contribution in [-0.4, -0.2) is 55.0 Å². The lowest BCUT2D eigenvalue weighted by Crippen LogP contribution is -2.55. The molecule has 0 aliphatic carbocycles. The van der Waals surface area contributed by atoms with Crippen LogP contribution in [0.25, 0.3) is 0 Å². The van der Waals surface area contributed by atoms with Gasteiger partial charge in [0.25, 0.3) is 0 Å². The van der Waals surface area contributed by atoms with Gasteiger partial charge in [-0.25, -0.2) is 9.18 Å². The van der Waals surface area contributed by atoms with Crippen LogP contribution < -0.4 is 5.32 Å². The Labute approximate surface area is 142 Å². The Morgan fingerprint density at radius 1 is 1.50 bits per heavy atom. The maximum atomic E-state index is 13.5. The molecule has 0 radical (unpaired) electrons. The van der Waals surface area contributed by atoms with Crippen molar-refractivity contribution in [2.24, 2.45) is 5.92 Å². The Balaban J connectivity index is 1.79. The van der Waals surface area contributed by atoms with Crippen molar-refractivity contribution in [1.29, 1.82) is 0 Å². The number of urea groups is 1. The summed E-state index contributed by atoms with van der Waals surface area (Å²) in [5.74, 6) is -0.264. The predicted octanol–water partition coefficient (Wildman–Crippen LogP) is 2.19. The van der Waals surface area contributed by atoms with Crippen molar-refractivity contribution in [3.63, 3.8) is 0 Å². The third kappa shape index (κ3) is 4.68. The molecule has 2 atom stereocenters. The van der Waals surface area contributed by atoms with E-state index in [2.05, 4.69) is 5.32 Å². The molecule has 2 N–H and O–H groups in total. The van der Waals surface area contributed by atoms with Crippen LogP contribution in [0.4, 0.5) is 9.18 Å². The maximum absolute atomic E-state index is 13.5. The lowest BCUT2D eigenvalue weighted by molar-refractivity contribution is -0.0732. The molecule has 134 valence electrons. The molecule has 5 nitrogen and oxygen atoms in total. The third-order valence-electron chi connectivity index (χ3n) is 4.88. The number of nitrogens with zero attached hydrogens (tertiary/aromatic N) is 1. The molecule has 2 amide bonds. The number of ether oxygens (including phenoxy) is 1. The molecule has 6 heteroatoms. The van der Waals surface area contributed by atoms with Crippen molar-refractivity contribution in [3.8, 4) is 0 Å². The number of benzene rings is 1. The summed E-state index contributed by atoms with van der Waals surface area (Å²) in [7, 11) is 1.62. The van der Waals surface area contributed by atoms with E-state index < -0.39 is 5.60 Å². The second kappa shape index (κ2) is 8.44. The van der Waals surface area contributed by atoms with Crippen LogP contribution in [0.2, 0.25) is 0 Å². The van der Waals surface area contributed by atoms with Crippen LogP contribution in [0.3, 0.4) is 0 Å². The Kier molecular flexibility index (Phi) is 6.57. The number of carbonyl (C=O) groups is 1. The van der Waals surface area contributed by atoms with Crippen molar-refractivity contribution < 1.29 is 19.0 Å². The van der Waals surface area contributed by atoms with Gasteiger partial charge in [0.1, 0.15) is 5.82 Å². The van der Waals surface area contributed by atoms with Gasteiger partial charge in [0.15, 0.2) is 0 Å². The van der Waals surface area contributed by atoms with E-state index in [9.17, 15) is 14.3 Å². The van der Waals surface area contributed by atoms with Gasteiger partial charge < -0.3 is 20.1 Å². The summed E-state index contributed by atoms with van der Waals surface area (Å²) in [4.78, 5) is 14.0. The Bertz CT molecular complexity index is 555. The molecule has 1 aliphatic heterocycles. The predicted molar refractivity (Wildman–Crippen MR) is 90.3 cm³/mol. The summed E-state index contributed by atoms with van der Waals surface area (Å²) in [6, 6.07) is 6.42. The number of aliphatic hydroxyl groups is 1. The molecule has 1 aromatic rings. The van der Waals surface area contributed by atoms with Gasteiger partial charge in [0.2, 0.25) is 0 Å². The van der Waals surface area contributed by atoms with E-state index in [-0.39, 0.29) is 17.8 Å². The topological polar surface area (TPSA) is 61.8 Å². The van der Waals surface area contributed by atoms with Crippen molar-refractivity contribution in [3.05, 3.63) is 35.6 Å². The first-order valence-corrected chi connectivity index (χ1v) is 8.44.